The Bertz CT molecular complexity index is 517. The standard InChI is InChI=1S/C24H43NO5/c1-2-3-4-5-6-7-8-9-10-11-12-13-24(27)29-21-23-15-14-22(30-23)20-25-16-18-28-19-17-26/h14-15,25-26H,2-13,16-21H2,1H3. The Morgan fingerprint density at radius 1 is 0.933 bits per heavy atom. The summed E-state index contributed by atoms with van der Waals surface area (Å²) in [5.41, 5.74) is 0. The molecule has 0 amide bonds. The monoisotopic (exact) mass is 425 g/mol. The number of aliphatic hydroxyl groups excluding tert-OH is 1. The molecule has 6 heteroatoms. The minimum Gasteiger partial charge on any atom is -0.461 e. The third-order valence-electron chi connectivity index (χ3n) is 5.04. The van der Waals surface area contributed by atoms with E-state index in [-0.39, 0.29) is 19.2 Å². The first-order valence-electron chi connectivity index (χ1n) is 11.9. The molecule has 2 N–H and O–H groups in total. The number of aliphatic hydroxyl groups is 1. The SMILES string of the molecule is CCCCCCCCCCCCCC(=O)OCc1ccc(CNCCOCCO)o1. The summed E-state index contributed by atoms with van der Waals surface area (Å²) in [6.07, 6.45) is 14.5. The Morgan fingerprint density at radius 3 is 2.23 bits per heavy atom. The van der Waals surface area contributed by atoms with Gasteiger partial charge in [-0.05, 0) is 18.6 Å². The average Bonchev–Trinajstić information content (AvgIpc) is 3.21. The molecule has 174 valence electrons. The van der Waals surface area contributed by atoms with Crippen LogP contribution in [-0.4, -0.2) is 37.4 Å². The van der Waals surface area contributed by atoms with Gasteiger partial charge in [0.15, 0.2) is 0 Å². The lowest BCUT2D eigenvalue weighted by Gasteiger charge is -2.05. The molecule has 0 aromatic carbocycles. The molecule has 0 saturated carbocycles. The van der Waals surface area contributed by atoms with Crippen LogP contribution < -0.4 is 5.32 Å². The largest absolute Gasteiger partial charge is 0.461 e. The van der Waals surface area contributed by atoms with E-state index >= 15 is 0 Å². The predicted octanol–water partition coefficient (Wildman–Crippen LogP) is 5.12. The number of furan rings is 1. The van der Waals surface area contributed by atoms with Crippen LogP contribution in [0, 0.1) is 0 Å². The highest BCUT2D eigenvalue weighted by Gasteiger charge is 2.07. The molecule has 1 heterocycles. The van der Waals surface area contributed by atoms with E-state index in [1.807, 2.05) is 12.1 Å². The number of esters is 1. The van der Waals surface area contributed by atoms with Crippen LogP contribution in [0.3, 0.4) is 0 Å². The van der Waals surface area contributed by atoms with E-state index in [0.717, 1.165) is 18.6 Å². The molecule has 0 spiro atoms. The van der Waals surface area contributed by atoms with E-state index in [1.165, 1.54) is 57.8 Å². The fourth-order valence-corrected chi connectivity index (χ4v) is 3.27. The zero-order chi connectivity index (χ0) is 21.7. The molecule has 6 nitrogen and oxygen atoms in total. The molecule has 0 fully saturated rings. The number of unbranched alkanes of at least 4 members (excludes halogenated alkanes) is 10. The molecule has 0 atom stereocenters. The molecule has 1 rings (SSSR count). The van der Waals surface area contributed by atoms with Gasteiger partial charge < -0.3 is 24.3 Å². The summed E-state index contributed by atoms with van der Waals surface area (Å²) < 4.78 is 16.1. The van der Waals surface area contributed by atoms with E-state index in [9.17, 15) is 4.79 Å². The van der Waals surface area contributed by atoms with Gasteiger partial charge in [-0.3, -0.25) is 4.79 Å². The summed E-state index contributed by atoms with van der Waals surface area (Å²) in [5.74, 6) is 1.31. The number of hydrogen-bond acceptors (Lipinski definition) is 6. The average molecular weight is 426 g/mol. The van der Waals surface area contributed by atoms with Gasteiger partial charge in [-0.2, -0.15) is 0 Å². The van der Waals surface area contributed by atoms with Gasteiger partial charge in [-0.15, -0.1) is 0 Å². The number of hydrogen-bond donors (Lipinski definition) is 2. The Labute approximate surface area is 182 Å². The molecule has 0 unspecified atom stereocenters. The van der Waals surface area contributed by atoms with E-state index < -0.39 is 0 Å². The topological polar surface area (TPSA) is 80.9 Å². The lowest BCUT2D eigenvalue weighted by atomic mass is 10.1. The maximum absolute atomic E-state index is 11.9. The second-order valence-corrected chi connectivity index (χ2v) is 7.83. The highest BCUT2D eigenvalue weighted by atomic mass is 16.5. The second kappa shape index (κ2) is 19.6. The van der Waals surface area contributed by atoms with Crippen molar-refractivity contribution in [2.24, 2.45) is 0 Å². The first kappa shape index (κ1) is 26.7. The normalized spacial score (nSPS) is 11.1. The fourth-order valence-electron chi connectivity index (χ4n) is 3.27. The lowest BCUT2D eigenvalue weighted by Crippen LogP contribution is -2.19. The van der Waals surface area contributed by atoms with Crippen molar-refractivity contribution < 1.29 is 23.8 Å². The van der Waals surface area contributed by atoms with Crippen molar-refractivity contribution in [2.75, 3.05) is 26.4 Å². The van der Waals surface area contributed by atoms with Crippen molar-refractivity contribution in [3.05, 3.63) is 23.7 Å². The van der Waals surface area contributed by atoms with Gasteiger partial charge in [0.05, 0.1) is 26.4 Å². The molecule has 0 bridgehead atoms. The van der Waals surface area contributed by atoms with Crippen LogP contribution in [0.1, 0.15) is 95.5 Å². The Balaban J connectivity index is 1.94. The summed E-state index contributed by atoms with van der Waals surface area (Å²) in [4.78, 5) is 11.9. The summed E-state index contributed by atoms with van der Waals surface area (Å²) in [5, 5.41) is 11.8. The zero-order valence-corrected chi connectivity index (χ0v) is 19.0. The summed E-state index contributed by atoms with van der Waals surface area (Å²) in [6, 6.07) is 3.73. The lowest BCUT2D eigenvalue weighted by molar-refractivity contribution is -0.145. The number of carbonyl (C=O) groups is 1. The predicted molar refractivity (Wildman–Crippen MR) is 119 cm³/mol. The fraction of sp³-hybridized carbons (Fsp3) is 0.792. The van der Waals surface area contributed by atoms with E-state index in [4.69, 9.17) is 19.0 Å². The molecule has 0 aliphatic rings. The van der Waals surface area contributed by atoms with Crippen LogP contribution in [-0.2, 0) is 27.4 Å². The first-order chi connectivity index (χ1) is 14.8. The molecular weight excluding hydrogens is 382 g/mol. The molecule has 1 aromatic rings. The third-order valence-corrected chi connectivity index (χ3v) is 5.04. The van der Waals surface area contributed by atoms with Gasteiger partial charge in [0.1, 0.15) is 18.1 Å². The van der Waals surface area contributed by atoms with Gasteiger partial charge >= 0.3 is 5.97 Å². The molecule has 0 saturated heterocycles. The Morgan fingerprint density at radius 2 is 1.57 bits per heavy atom. The number of carbonyl (C=O) groups excluding carboxylic acids is 1. The third kappa shape index (κ3) is 15.5. The summed E-state index contributed by atoms with van der Waals surface area (Å²) in [7, 11) is 0. The van der Waals surface area contributed by atoms with Crippen LogP contribution in [0.4, 0.5) is 0 Å². The highest BCUT2D eigenvalue weighted by molar-refractivity contribution is 5.69. The molecule has 0 radical (unpaired) electrons. The van der Waals surface area contributed by atoms with Crippen molar-refractivity contribution in [1.82, 2.24) is 5.32 Å². The molecule has 1 aromatic heterocycles. The Hall–Kier alpha value is -1.37. The maximum Gasteiger partial charge on any atom is 0.306 e. The summed E-state index contributed by atoms with van der Waals surface area (Å²) in [6.45, 7) is 4.67. The van der Waals surface area contributed by atoms with Crippen LogP contribution >= 0.6 is 0 Å². The number of ether oxygens (including phenoxy) is 2. The van der Waals surface area contributed by atoms with E-state index in [2.05, 4.69) is 12.2 Å². The molecule has 0 aliphatic heterocycles. The number of rotatable bonds is 21. The zero-order valence-electron chi connectivity index (χ0n) is 19.0. The van der Waals surface area contributed by atoms with Crippen molar-refractivity contribution in [3.63, 3.8) is 0 Å². The van der Waals surface area contributed by atoms with Crippen LogP contribution in [0.5, 0.6) is 0 Å². The summed E-state index contributed by atoms with van der Waals surface area (Å²) >= 11 is 0. The minimum absolute atomic E-state index is 0.0412. The molecular formula is C24H43NO5. The van der Waals surface area contributed by atoms with E-state index in [0.29, 0.717) is 38.5 Å². The smallest absolute Gasteiger partial charge is 0.306 e. The van der Waals surface area contributed by atoms with Gasteiger partial charge in [-0.25, -0.2) is 0 Å². The molecule has 0 aliphatic carbocycles. The second-order valence-electron chi connectivity index (χ2n) is 7.83. The van der Waals surface area contributed by atoms with Crippen LogP contribution in [0.2, 0.25) is 0 Å². The first-order valence-corrected chi connectivity index (χ1v) is 11.9. The van der Waals surface area contributed by atoms with Crippen molar-refractivity contribution in [2.45, 2.75) is 97.1 Å². The van der Waals surface area contributed by atoms with Crippen molar-refractivity contribution >= 4 is 5.97 Å². The number of nitrogens with one attached hydrogen (secondary N) is 1. The van der Waals surface area contributed by atoms with Gasteiger partial charge in [0.25, 0.3) is 0 Å². The minimum atomic E-state index is -0.150. The van der Waals surface area contributed by atoms with Gasteiger partial charge in [0.2, 0.25) is 0 Å². The van der Waals surface area contributed by atoms with Crippen molar-refractivity contribution in [1.29, 1.82) is 0 Å². The van der Waals surface area contributed by atoms with Crippen molar-refractivity contribution in [3.8, 4) is 0 Å². The van der Waals surface area contributed by atoms with Crippen LogP contribution in [0.25, 0.3) is 0 Å². The van der Waals surface area contributed by atoms with Gasteiger partial charge in [-0.1, -0.05) is 71.1 Å². The maximum atomic E-state index is 11.9. The quantitative estimate of drug-likeness (QED) is 0.210. The molecule has 30 heavy (non-hydrogen) atoms. The van der Waals surface area contributed by atoms with Crippen LogP contribution in [0.15, 0.2) is 16.5 Å². The van der Waals surface area contributed by atoms with E-state index in [1.54, 1.807) is 0 Å². The Kier molecular flexibility index (Phi) is 17.4. The van der Waals surface area contributed by atoms with Gasteiger partial charge in [0, 0.05) is 13.0 Å². The highest BCUT2D eigenvalue weighted by Crippen LogP contribution is 2.13.